The molecule has 0 bridgehead atoms. The molecule has 0 saturated heterocycles. The lowest BCUT2D eigenvalue weighted by Gasteiger charge is -2.22. The molecule has 2 aromatic heterocycles. The van der Waals surface area contributed by atoms with Crippen molar-refractivity contribution in [2.45, 2.75) is 45.2 Å². The molecule has 4 rings (SSSR count). The number of hydrogen-bond acceptors (Lipinski definition) is 4. The molecule has 2 amide bonds. The Hall–Kier alpha value is -4.18. The third kappa shape index (κ3) is 6.77. The average molecular weight is 584 g/mol. The number of halogens is 4. The standard InChI is InChI=1S/C30H29ClF3N5O2/c1-18(19-9-14-24(35-17-19)27(40)36-22-12-10-20(11-13-22)30(32,33)34)28(41)38(5)26-16-25(29(2,3)4)37-39(26)23-8-6-7-21(31)15-23/h6-18H,1-5H3,(H,36,40). The summed E-state index contributed by atoms with van der Waals surface area (Å²) in [4.78, 5) is 31.9. The molecular weight excluding hydrogens is 555 g/mol. The van der Waals surface area contributed by atoms with E-state index in [9.17, 15) is 22.8 Å². The van der Waals surface area contributed by atoms with Gasteiger partial charge < -0.3 is 5.32 Å². The van der Waals surface area contributed by atoms with E-state index < -0.39 is 23.6 Å². The van der Waals surface area contributed by atoms with Crippen LogP contribution < -0.4 is 10.2 Å². The van der Waals surface area contributed by atoms with Crippen LogP contribution in [0.15, 0.2) is 72.9 Å². The lowest BCUT2D eigenvalue weighted by Crippen LogP contribution is -2.32. The van der Waals surface area contributed by atoms with Gasteiger partial charge in [-0.1, -0.05) is 44.5 Å². The van der Waals surface area contributed by atoms with Gasteiger partial charge in [0.1, 0.15) is 11.5 Å². The predicted molar refractivity (Wildman–Crippen MR) is 153 cm³/mol. The Morgan fingerprint density at radius 2 is 1.68 bits per heavy atom. The fourth-order valence-electron chi connectivity index (χ4n) is 4.05. The first-order chi connectivity index (χ1) is 19.1. The molecule has 0 aliphatic carbocycles. The predicted octanol–water partition coefficient (Wildman–Crippen LogP) is 7.26. The summed E-state index contributed by atoms with van der Waals surface area (Å²) in [6.45, 7) is 7.84. The van der Waals surface area contributed by atoms with Crippen molar-refractivity contribution in [2.75, 3.05) is 17.3 Å². The third-order valence-corrected chi connectivity index (χ3v) is 6.78. The molecule has 0 saturated carbocycles. The summed E-state index contributed by atoms with van der Waals surface area (Å²) in [6.07, 6.45) is -3.03. The van der Waals surface area contributed by atoms with E-state index in [0.29, 0.717) is 22.1 Å². The molecule has 0 fully saturated rings. The molecular formula is C30H29ClF3N5O2. The van der Waals surface area contributed by atoms with Crippen molar-refractivity contribution in [3.63, 3.8) is 0 Å². The second-order valence-electron chi connectivity index (χ2n) is 10.7. The largest absolute Gasteiger partial charge is 0.416 e. The molecule has 1 N–H and O–H groups in total. The number of rotatable bonds is 6. The molecule has 1 unspecified atom stereocenters. The van der Waals surface area contributed by atoms with Gasteiger partial charge in [0.25, 0.3) is 5.91 Å². The molecule has 2 heterocycles. The molecule has 7 nitrogen and oxygen atoms in total. The molecule has 0 aliphatic rings. The molecule has 4 aromatic rings. The highest BCUT2D eigenvalue weighted by Crippen LogP contribution is 2.31. The van der Waals surface area contributed by atoms with Crippen LogP contribution in [0.2, 0.25) is 5.02 Å². The fraction of sp³-hybridized carbons (Fsp3) is 0.267. The van der Waals surface area contributed by atoms with Crippen LogP contribution in [0, 0.1) is 0 Å². The number of aromatic nitrogens is 3. The van der Waals surface area contributed by atoms with Crippen molar-refractivity contribution in [3.8, 4) is 5.69 Å². The van der Waals surface area contributed by atoms with Crippen LogP contribution in [0.4, 0.5) is 24.7 Å². The smallest absolute Gasteiger partial charge is 0.321 e. The van der Waals surface area contributed by atoms with Crippen LogP contribution in [-0.2, 0) is 16.4 Å². The van der Waals surface area contributed by atoms with Gasteiger partial charge in [-0.25, -0.2) is 4.68 Å². The van der Waals surface area contributed by atoms with Gasteiger partial charge in [0, 0.05) is 35.4 Å². The quantitative estimate of drug-likeness (QED) is 0.259. The summed E-state index contributed by atoms with van der Waals surface area (Å²) >= 11 is 6.22. The van der Waals surface area contributed by atoms with Crippen molar-refractivity contribution in [1.29, 1.82) is 0 Å². The van der Waals surface area contributed by atoms with Gasteiger partial charge in [0.05, 0.1) is 22.9 Å². The van der Waals surface area contributed by atoms with Crippen LogP contribution >= 0.6 is 11.6 Å². The number of carbonyl (C=O) groups is 2. The summed E-state index contributed by atoms with van der Waals surface area (Å²) < 4.78 is 40.0. The topological polar surface area (TPSA) is 80.1 Å². The maximum atomic E-state index is 13.6. The van der Waals surface area contributed by atoms with E-state index >= 15 is 0 Å². The number of nitrogens with one attached hydrogen (secondary N) is 1. The molecule has 2 aromatic carbocycles. The van der Waals surface area contributed by atoms with Crippen LogP contribution in [0.5, 0.6) is 0 Å². The number of anilines is 2. The second-order valence-corrected chi connectivity index (χ2v) is 11.1. The maximum absolute atomic E-state index is 13.6. The summed E-state index contributed by atoms with van der Waals surface area (Å²) in [5.41, 5.74) is 1.25. The number of carbonyl (C=O) groups excluding carboxylic acids is 2. The van der Waals surface area contributed by atoms with E-state index in [0.717, 1.165) is 17.8 Å². The zero-order valence-electron chi connectivity index (χ0n) is 23.1. The Bertz CT molecular complexity index is 1560. The van der Waals surface area contributed by atoms with Gasteiger partial charge in [-0.15, -0.1) is 0 Å². The first kappa shape index (κ1) is 29.8. The summed E-state index contributed by atoms with van der Waals surface area (Å²) in [5, 5.41) is 7.83. The van der Waals surface area contributed by atoms with Crippen LogP contribution in [0.25, 0.3) is 5.69 Å². The number of alkyl halides is 3. The Morgan fingerprint density at radius 1 is 1.00 bits per heavy atom. The summed E-state index contributed by atoms with van der Waals surface area (Å²) in [5.74, 6) is -0.861. The number of hydrogen-bond donors (Lipinski definition) is 1. The lowest BCUT2D eigenvalue weighted by molar-refractivity contribution is -0.137. The molecule has 1 atom stereocenters. The normalized spacial score (nSPS) is 12.6. The highest BCUT2D eigenvalue weighted by Gasteiger charge is 2.30. The van der Waals surface area contributed by atoms with Crippen molar-refractivity contribution >= 4 is 34.9 Å². The third-order valence-electron chi connectivity index (χ3n) is 6.55. The van der Waals surface area contributed by atoms with E-state index in [-0.39, 0.29) is 22.7 Å². The fourth-order valence-corrected chi connectivity index (χ4v) is 4.24. The Labute approximate surface area is 241 Å². The number of nitrogens with zero attached hydrogens (tertiary/aromatic N) is 4. The lowest BCUT2D eigenvalue weighted by atomic mass is 9.92. The monoisotopic (exact) mass is 583 g/mol. The van der Waals surface area contributed by atoms with E-state index in [2.05, 4.69) is 10.3 Å². The minimum absolute atomic E-state index is 0.0514. The zero-order chi connectivity index (χ0) is 30.1. The van der Waals surface area contributed by atoms with Gasteiger partial charge in [-0.2, -0.15) is 18.3 Å². The minimum Gasteiger partial charge on any atom is -0.321 e. The summed E-state index contributed by atoms with van der Waals surface area (Å²) in [7, 11) is 1.67. The van der Waals surface area contributed by atoms with Gasteiger partial charge in [-0.3, -0.25) is 19.5 Å². The zero-order valence-corrected chi connectivity index (χ0v) is 23.9. The SMILES string of the molecule is CC(C(=O)N(C)c1cc(C(C)(C)C)nn1-c1cccc(Cl)c1)c1ccc(C(=O)Nc2ccc(C(F)(F)F)cc2)nc1. The van der Waals surface area contributed by atoms with E-state index in [1.807, 2.05) is 39.0 Å². The van der Waals surface area contributed by atoms with Crippen LogP contribution in [0.1, 0.15) is 60.9 Å². The first-order valence-electron chi connectivity index (χ1n) is 12.7. The van der Waals surface area contributed by atoms with Gasteiger partial charge in [-0.05, 0) is 61.0 Å². The molecule has 0 spiro atoms. The Morgan fingerprint density at radius 3 is 2.24 bits per heavy atom. The maximum Gasteiger partial charge on any atom is 0.416 e. The van der Waals surface area contributed by atoms with Crippen LogP contribution in [0.3, 0.4) is 0 Å². The van der Waals surface area contributed by atoms with Crippen molar-refractivity contribution in [1.82, 2.24) is 14.8 Å². The van der Waals surface area contributed by atoms with Crippen molar-refractivity contribution < 1.29 is 22.8 Å². The van der Waals surface area contributed by atoms with Crippen LogP contribution in [-0.4, -0.2) is 33.6 Å². The van der Waals surface area contributed by atoms with E-state index in [1.54, 1.807) is 36.9 Å². The van der Waals surface area contributed by atoms with E-state index in [1.165, 1.54) is 29.3 Å². The Kier molecular flexibility index (Phi) is 8.26. The van der Waals surface area contributed by atoms with Crippen molar-refractivity contribution in [3.05, 3.63) is 100 Å². The highest BCUT2D eigenvalue weighted by atomic mass is 35.5. The molecule has 214 valence electrons. The molecule has 41 heavy (non-hydrogen) atoms. The average Bonchev–Trinajstić information content (AvgIpc) is 3.38. The first-order valence-corrected chi connectivity index (χ1v) is 13.1. The Balaban J connectivity index is 1.52. The molecule has 0 radical (unpaired) electrons. The van der Waals surface area contributed by atoms with Crippen molar-refractivity contribution in [2.24, 2.45) is 0 Å². The number of pyridine rings is 1. The number of likely N-dealkylation sites (N-methyl/N-ethyl adjacent to an activating group) is 1. The van der Waals surface area contributed by atoms with Gasteiger partial charge in [0.2, 0.25) is 5.91 Å². The molecule has 0 aliphatic heterocycles. The number of amides is 2. The second kappa shape index (κ2) is 11.4. The minimum atomic E-state index is -4.47. The van der Waals surface area contributed by atoms with Gasteiger partial charge >= 0.3 is 6.18 Å². The molecule has 11 heteroatoms. The number of benzene rings is 2. The van der Waals surface area contributed by atoms with Gasteiger partial charge in [0.15, 0.2) is 0 Å². The highest BCUT2D eigenvalue weighted by molar-refractivity contribution is 6.30. The summed E-state index contributed by atoms with van der Waals surface area (Å²) in [6, 6.07) is 16.3. The van der Waals surface area contributed by atoms with E-state index in [4.69, 9.17) is 16.7 Å².